The van der Waals surface area contributed by atoms with Crippen LogP contribution in [0.2, 0.25) is 0 Å². The molecule has 0 saturated carbocycles. The van der Waals surface area contributed by atoms with Crippen molar-refractivity contribution in [1.82, 2.24) is 5.32 Å². The van der Waals surface area contributed by atoms with E-state index in [2.05, 4.69) is 5.32 Å². The minimum Gasteiger partial charge on any atom is -0.497 e. The third kappa shape index (κ3) is 3.86. The van der Waals surface area contributed by atoms with Crippen molar-refractivity contribution in [3.05, 3.63) is 23.8 Å². The Kier molecular flexibility index (Phi) is 5.18. The average molecular weight is 267 g/mol. The van der Waals surface area contributed by atoms with Crippen molar-refractivity contribution >= 4 is 5.97 Å². The van der Waals surface area contributed by atoms with Gasteiger partial charge in [0.1, 0.15) is 17.0 Å². The molecular formula is C14H21NO4. The summed E-state index contributed by atoms with van der Waals surface area (Å²) in [6.45, 7) is 4.04. The van der Waals surface area contributed by atoms with Gasteiger partial charge in [0.05, 0.1) is 21.3 Å². The Labute approximate surface area is 113 Å². The number of rotatable bonds is 6. The van der Waals surface area contributed by atoms with Gasteiger partial charge in [0, 0.05) is 18.2 Å². The fourth-order valence-corrected chi connectivity index (χ4v) is 1.64. The smallest absolute Gasteiger partial charge is 0.325 e. The van der Waals surface area contributed by atoms with Crippen LogP contribution in [0.1, 0.15) is 19.4 Å². The Morgan fingerprint density at radius 3 is 2.42 bits per heavy atom. The largest absolute Gasteiger partial charge is 0.497 e. The molecule has 0 radical (unpaired) electrons. The lowest BCUT2D eigenvalue weighted by Gasteiger charge is -2.23. The summed E-state index contributed by atoms with van der Waals surface area (Å²) in [7, 11) is 4.58. The van der Waals surface area contributed by atoms with Gasteiger partial charge in [0.2, 0.25) is 0 Å². The first-order valence-corrected chi connectivity index (χ1v) is 5.99. The van der Waals surface area contributed by atoms with Crippen molar-refractivity contribution in [3.63, 3.8) is 0 Å². The Morgan fingerprint density at radius 1 is 1.21 bits per heavy atom. The van der Waals surface area contributed by atoms with E-state index in [1.54, 1.807) is 28.1 Å². The van der Waals surface area contributed by atoms with Crippen LogP contribution in [0.4, 0.5) is 0 Å². The summed E-state index contributed by atoms with van der Waals surface area (Å²) in [5.41, 5.74) is 0.194. The van der Waals surface area contributed by atoms with Gasteiger partial charge in [0.25, 0.3) is 0 Å². The van der Waals surface area contributed by atoms with Crippen molar-refractivity contribution in [2.75, 3.05) is 21.3 Å². The maximum absolute atomic E-state index is 11.6. The van der Waals surface area contributed by atoms with E-state index in [4.69, 9.17) is 14.2 Å². The third-order valence-electron chi connectivity index (χ3n) is 2.91. The summed E-state index contributed by atoms with van der Waals surface area (Å²) in [6, 6.07) is 5.56. The van der Waals surface area contributed by atoms with Crippen LogP contribution in [0.3, 0.4) is 0 Å². The minimum absolute atomic E-state index is 0.306. The Bertz CT molecular complexity index is 443. The number of carbonyl (C=O) groups excluding carboxylic acids is 1. The van der Waals surface area contributed by atoms with E-state index in [-0.39, 0.29) is 5.97 Å². The molecule has 0 aliphatic rings. The zero-order valence-corrected chi connectivity index (χ0v) is 12.1. The molecule has 0 fully saturated rings. The van der Waals surface area contributed by atoms with Crippen LogP contribution in [-0.2, 0) is 16.1 Å². The van der Waals surface area contributed by atoms with E-state index in [1.165, 1.54) is 7.11 Å². The van der Waals surface area contributed by atoms with Gasteiger partial charge in [-0.1, -0.05) is 6.07 Å². The molecule has 0 saturated heterocycles. The number of esters is 1. The summed E-state index contributed by atoms with van der Waals surface area (Å²) in [6.07, 6.45) is 0. The van der Waals surface area contributed by atoms with Crippen molar-refractivity contribution in [1.29, 1.82) is 0 Å². The van der Waals surface area contributed by atoms with E-state index in [1.807, 2.05) is 18.2 Å². The molecule has 0 unspecified atom stereocenters. The highest BCUT2D eigenvalue weighted by molar-refractivity contribution is 5.79. The van der Waals surface area contributed by atoms with Gasteiger partial charge in [-0.05, 0) is 19.9 Å². The summed E-state index contributed by atoms with van der Waals surface area (Å²) < 4.78 is 15.2. The van der Waals surface area contributed by atoms with E-state index in [9.17, 15) is 4.79 Å². The zero-order chi connectivity index (χ0) is 14.5. The predicted octanol–water partition coefficient (Wildman–Crippen LogP) is 1.74. The molecule has 106 valence electrons. The Morgan fingerprint density at radius 2 is 1.89 bits per heavy atom. The van der Waals surface area contributed by atoms with Gasteiger partial charge in [-0.2, -0.15) is 0 Å². The molecule has 19 heavy (non-hydrogen) atoms. The summed E-state index contributed by atoms with van der Waals surface area (Å²) in [4.78, 5) is 11.6. The van der Waals surface area contributed by atoms with Gasteiger partial charge in [-0.3, -0.25) is 10.1 Å². The molecular weight excluding hydrogens is 246 g/mol. The van der Waals surface area contributed by atoms with E-state index < -0.39 is 5.54 Å². The topological polar surface area (TPSA) is 56.8 Å². The molecule has 0 spiro atoms. The number of carbonyl (C=O) groups is 1. The Hall–Kier alpha value is -1.75. The lowest BCUT2D eigenvalue weighted by molar-refractivity contribution is -0.147. The molecule has 1 aromatic carbocycles. The van der Waals surface area contributed by atoms with Crippen molar-refractivity contribution in [3.8, 4) is 11.5 Å². The molecule has 5 heteroatoms. The first kappa shape index (κ1) is 15.3. The highest BCUT2D eigenvalue weighted by atomic mass is 16.5. The Balaban J connectivity index is 2.80. The summed E-state index contributed by atoms with van der Waals surface area (Å²) in [5, 5.41) is 3.14. The van der Waals surface area contributed by atoms with Gasteiger partial charge in [-0.15, -0.1) is 0 Å². The number of methoxy groups -OCH3 is 3. The molecule has 1 rings (SSSR count). The maximum atomic E-state index is 11.6. The monoisotopic (exact) mass is 267 g/mol. The lowest BCUT2D eigenvalue weighted by atomic mass is 10.1. The summed E-state index contributed by atoms with van der Waals surface area (Å²) in [5.74, 6) is 1.14. The SMILES string of the molecule is COC(=O)C(C)(C)NCc1ccc(OC)cc1OC. The van der Waals surface area contributed by atoms with E-state index in [0.717, 1.165) is 11.3 Å². The number of hydrogen-bond acceptors (Lipinski definition) is 5. The second-order valence-electron chi connectivity index (χ2n) is 4.65. The molecule has 0 amide bonds. The van der Waals surface area contributed by atoms with Crippen molar-refractivity contribution in [2.24, 2.45) is 0 Å². The second kappa shape index (κ2) is 6.43. The molecule has 0 heterocycles. The number of hydrogen-bond donors (Lipinski definition) is 1. The van der Waals surface area contributed by atoms with Crippen molar-refractivity contribution < 1.29 is 19.0 Å². The number of ether oxygens (including phenoxy) is 3. The lowest BCUT2D eigenvalue weighted by Crippen LogP contribution is -2.47. The maximum Gasteiger partial charge on any atom is 0.325 e. The van der Waals surface area contributed by atoms with Gasteiger partial charge >= 0.3 is 5.97 Å². The predicted molar refractivity (Wildman–Crippen MR) is 72.5 cm³/mol. The van der Waals surface area contributed by atoms with Crippen LogP contribution in [0.25, 0.3) is 0 Å². The average Bonchev–Trinajstić information content (AvgIpc) is 2.43. The van der Waals surface area contributed by atoms with Gasteiger partial charge < -0.3 is 14.2 Å². The number of benzene rings is 1. The molecule has 0 bridgehead atoms. The first-order chi connectivity index (χ1) is 8.94. The second-order valence-corrected chi connectivity index (χ2v) is 4.65. The zero-order valence-electron chi connectivity index (χ0n) is 12.1. The van der Waals surface area contributed by atoms with Crippen molar-refractivity contribution in [2.45, 2.75) is 25.9 Å². The fraction of sp³-hybridized carbons (Fsp3) is 0.500. The summed E-state index contributed by atoms with van der Waals surface area (Å²) >= 11 is 0. The van der Waals surface area contributed by atoms with Crippen LogP contribution >= 0.6 is 0 Å². The van der Waals surface area contributed by atoms with Gasteiger partial charge in [-0.25, -0.2) is 0 Å². The standard InChI is InChI=1S/C14H21NO4/c1-14(2,13(16)19-5)15-9-10-6-7-11(17-3)8-12(10)18-4/h6-8,15H,9H2,1-5H3. The van der Waals surface area contributed by atoms with Crippen LogP contribution in [0.15, 0.2) is 18.2 Å². The highest BCUT2D eigenvalue weighted by Crippen LogP contribution is 2.24. The molecule has 0 aromatic heterocycles. The highest BCUT2D eigenvalue weighted by Gasteiger charge is 2.28. The molecule has 0 aliphatic heterocycles. The van der Waals surface area contributed by atoms with E-state index in [0.29, 0.717) is 12.3 Å². The van der Waals surface area contributed by atoms with E-state index >= 15 is 0 Å². The van der Waals surface area contributed by atoms with Crippen LogP contribution in [-0.4, -0.2) is 32.8 Å². The fourth-order valence-electron chi connectivity index (χ4n) is 1.64. The quantitative estimate of drug-likeness (QED) is 0.796. The number of nitrogens with one attached hydrogen (secondary N) is 1. The molecule has 0 aliphatic carbocycles. The molecule has 1 aromatic rings. The first-order valence-electron chi connectivity index (χ1n) is 5.99. The molecule has 0 atom stereocenters. The third-order valence-corrected chi connectivity index (χ3v) is 2.91. The van der Waals surface area contributed by atoms with Gasteiger partial charge in [0.15, 0.2) is 0 Å². The molecule has 5 nitrogen and oxygen atoms in total. The van der Waals surface area contributed by atoms with Crippen LogP contribution in [0.5, 0.6) is 11.5 Å². The minimum atomic E-state index is -0.750. The normalized spacial score (nSPS) is 11.0. The van der Waals surface area contributed by atoms with Crippen LogP contribution in [0, 0.1) is 0 Å². The van der Waals surface area contributed by atoms with Crippen LogP contribution < -0.4 is 14.8 Å². The molecule has 1 N–H and O–H groups in total.